The molecular formula is C27H29ClN4O7S. The molecule has 0 fully saturated rings. The third-order valence-electron chi connectivity index (χ3n) is 5.25. The minimum Gasteiger partial charge on any atom is -0.492 e. The fraction of sp³-hybridized carbons (Fsp3) is 0.259. The van der Waals surface area contributed by atoms with Gasteiger partial charge < -0.3 is 20.1 Å². The van der Waals surface area contributed by atoms with Gasteiger partial charge >= 0.3 is 0 Å². The molecule has 3 amide bonds. The number of sulfonamides is 1. The van der Waals surface area contributed by atoms with Gasteiger partial charge in [-0.3, -0.25) is 19.4 Å². The highest BCUT2D eigenvalue weighted by atomic mass is 35.5. The van der Waals surface area contributed by atoms with Gasteiger partial charge in [-0.1, -0.05) is 36.7 Å². The predicted molar refractivity (Wildman–Crippen MR) is 148 cm³/mol. The van der Waals surface area contributed by atoms with Gasteiger partial charge in [-0.05, 0) is 48.9 Å². The second-order valence-electron chi connectivity index (χ2n) is 8.30. The molecule has 0 aliphatic carbocycles. The highest BCUT2D eigenvalue weighted by Gasteiger charge is 2.23. The monoisotopic (exact) mass is 588 g/mol. The normalized spacial score (nSPS) is 10.9. The number of aromatic nitrogens is 1. The molecule has 1 heterocycles. The molecule has 2 aromatic carbocycles. The number of carbonyl (C=O) groups excluding carboxylic acids is 3. The molecule has 40 heavy (non-hydrogen) atoms. The van der Waals surface area contributed by atoms with Crippen molar-refractivity contribution >= 4 is 39.3 Å². The zero-order chi connectivity index (χ0) is 29.0. The van der Waals surface area contributed by atoms with E-state index in [4.69, 9.17) is 21.1 Å². The van der Waals surface area contributed by atoms with Crippen LogP contribution in [0.4, 0.5) is 0 Å². The Hall–Kier alpha value is -4.00. The fourth-order valence-electron chi connectivity index (χ4n) is 3.28. The number of amides is 3. The van der Waals surface area contributed by atoms with Crippen molar-refractivity contribution in [2.24, 2.45) is 0 Å². The van der Waals surface area contributed by atoms with Crippen molar-refractivity contribution in [2.75, 3.05) is 32.9 Å². The summed E-state index contributed by atoms with van der Waals surface area (Å²) in [6.45, 7) is 3.67. The maximum atomic E-state index is 12.8. The smallest absolute Gasteiger partial charge is 0.269 e. The van der Waals surface area contributed by atoms with Crippen LogP contribution in [0.2, 0.25) is 5.02 Å². The SMILES string of the molecule is CCCOCCNC(=O)c1ccc(C(=O)NS(=O)(=O)c2ccc(C(=O)NCCOc3ccccc3)cc2Cl)cn1. The Morgan fingerprint density at radius 3 is 2.23 bits per heavy atom. The molecule has 1 aromatic heterocycles. The summed E-state index contributed by atoms with van der Waals surface area (Å²) in [5, 5.41) is 5.04. The Bertz CT molecular complexity index is 1420. The zero-order valence-electron chi connectivity index (χ0n) is 21.7. The molecule has 0 spiro atoms. The Balaban J connectivity index is 1.54. The minimum atomic E-state index is -4.38. The van der Waals surface area contributed by atoms with E-state index in [0.29, 0.717) is 25.5 Å². The lowest BCUT2D eigenvalue weighted by atomic mass is 10.2. The third-order valence-corrected chi connectivity index (χ3v) is 7.06. The molecular weight excluding hydrogens is 560 g/mol. The molecule has 3 N–H and O–H groups in total. The quantitative estimate of drug-likeness (QED) is 0.243. The first kappa shape index (κ1) is 30.5. The number of hydrogen-bond donors (Lipinski definition) is 3. The summed E-state index contributed by atoms with van der Waals surface area (Å²) >= 11 is 6.15. The largest absolute Gasteiger partial charge is 0.492 e. The number of ether oxygens (including phenoxy) is 2. The lowest BCUT2D eigenvalue weighted by Gasteiger charge is -2.11. The van der Waals surface area contributed by atoms with Gasteiger partial charge in [0, 0.05) is 24.9 Å². The summed E-state index contributed by atoms with van der Waals surface area (Å²) in [4.78, 5) is 40.7. The van der Waals surface area contributed by atoms with E-state index >= 15 is 0 Å². The van der Waals surface area contributed by atoms with Gasteiger partial charge in [0.15, 0.2) is 0 Å². The van der Waals surface area contributed by atoms with Crippen molar-refractivity contribution < 1.29 is 32.3 Å². The molecule has 13 heteroatoms. The molecule has 3 rings (SSSR count). The average molecular weight is 589 g/mol. The van der Waals surface area contributed by atoms with Crippen LogP contribution in [0.1, 0.15) is 44.5 Å². The number of nitrogens with zero attached hydrogens (tertiary/aromatic N) is 1. The second kappa shape index (κ2) is 15.0. The van der Waals surface area contributed by atoms with E-state index in [1.807, 2.05) is 29.8 Å². The number of hydrogen-bond acceptors (Lipinski definition) is 8. The first-order valence-electron chi connectivity index (χ1n) is 12.4. The van der Waals surface area contributed by atoms with Crippen molar-refractivity contribution in [1.82, 2.24) is 20.3 Å². The van der Waals surface area contributed by atoms with Crippen LogP contribution in [-0.4, -0.2) is 64.0 Å². The van der Waals surface area contributed by atoms with E-state index in [9.17, 15) is 22.8 Å². The van der Waals surface area contributed by atoms with E-state index in [1.165, 1.54) is 24.3 Å². The first-order valence-corrected chi connectivity index (χ1v) is 14.2. The van der Waals surface area contributed by atoms with Crippen molar-refractivity contribution in [2.45, 2.75) is 18.2 Å². The minimum absolute atomic E-state index is 0.0541. The third kappa shape index (κ3) is 9.04. The number of rotatable bonds is 14. The molecule has 0 aliphatic rings. The Labute approximate surface area is 237 Å². The summed E-state index contributed by atoms with van der Waals surface area (Å²) in [5.74, 6) is -1.24. The lowest BCUT2D eigenvalue weighted by molar-refractivity contribution is 0.0908. The molecule has 11 nitrogen and oxygen atoms in total. The molecule has 212 valence electrons. The molecule has 0 radical (unpaired) electrons. The van der Waals surface area contributed by atoms with E-state index in [2.05, 4.69) is 15.6 Å². The maximum Gasteiger partial charge on any atom is 0.269 e. The van der Waals surface area contributed by atoms with Crippen LogP contribution in [0.15, 0.2) is 71.8 Å². The first-order chi connectivity index (χ1) is 19.2. The Morgan fingerprint density at radius 2 is 1.55 bits per heavy atom. The highest BCUT2D eigenvalue weighted by molar-refractivity contribution is 7.90. The summed E-state index contributed by atoms with van der Waals surface area (Å²) in [5.41, 5.74) is 0.0969. The van der Waals surface area contributed by atoms with Crippen LogP contribution in [0.5, 0.6) is 5.75 Å². The van der Waals surface area contributed by atoms with Crippen LogP contribution >= 0.6 is 11.6 Å². The van der Waals surface area contributed by atoms with E-state index in [-0.39, 0.29) is 39.9 Å². The van der Waals surface area contributed by atoms with Crippen molar-refractivity contribution in [3.05, 3.63) is 88.7 Å². The van der Waals surface area contributed by atoms with Crippen molar-refractivity contribution in [3.8, 4) is 5.75 Å². The number of carbonyl (C=O) groups is 3. The van der Waals surface area contributed by atoms with Crippen molar-refractivity contribution in [3.63, 3.8) is 0 Å². The fourth-order valence-corrected chi connectivity index (χ4v) is 4.80. The number of pyridine rings is 1. The van der Waals surface area contributed by atoms with Crippen molar-refractivity contribution in [1.29, 1.82) is 0 Å². The van der Waals surface area contributed by atoms with Gasteiger partial charge in [-0.2, -0.15) is 0 Å². The van der Waals surface area contributed by atoms with Gasteiger partial charge in [-0.25, -0.2) is 13.1 Å². The molecule has 0 bridgehead atoms. The molecule has 0 unspecified atom stereocenters. The van der Waals surface area contributed by atoms with Crippen LogP contribution in [0.25, 0.3) is 0 Å². The summed E-state index contributed by atoms with van der Waals surface area (Å²) in [6.07, 6.45) is 1.96. The second-order valence-corrected chi connectivity index (χ2v) is 10.4. The number of para-hydroxylation sites is 1. The summed E-state index contributed by atoms with van der Waals surface area (Å²) < 4.78 is 38.3. The average Bonchev–Trinajstić information content (AvgIpc) is 2.95. The van der Waals surface area contributed by atoms with Gasteiger partial charge in [0.25, 0.3) is 27.7 Å². The zero-order valence-corrected chi connectivity index (χ0v) is 23.3. The van der Waals surface area contributed by atoms with Gasteiger partial charge in [0.05, 0.1) is 23.7 Å². The molecule has 0 aliphatic heterocycles. The Morgan fingerprint density at radius 1 is 0.850 bits per heavy atom. The van der Waals surface area contributed by atoms with Crippen LogP contribution in [0.3, 0.4) is 0 Å². The summed E-state index contributed by atoms with van der Waals surface area (Å²) in [7, 11) is -4.38. The van der Waals surface area contributed by atoms with Gasteiger partial charge in [0.2, 0.25) is 0 Å². The number of benzene rings is 2. The van der Waals surface area contributed by atoms with Gasteiger partial charge in [0.1, 0.15) is 22.9 Å². The van der Waals surface area contributed by atoms with E-state index < -0.39 is 27.7 Å². The molecule has 0 saturated heterocycles. The predicted octanol–water partition coefficient (Wildman–Crippen LogP) is 2.82. The van der Waals surface area contributed by atoms with E-state index in [1.54, 1.807) is 12.1 Å². The number of nitrogens with one attached hydrogen (secondary N) is 3. The van der Waals surface area contributed by atoms with Crippen LogP contribution in [0, 0.1) is 0 Å². The standard InChI is InChI=1S/C27H29ClN4O7S/c1-2-14-38-15-12-30-27(35)23-10-8-20(18-31-23)26(34)32-40(36,37)24-11-9-19(17-22(24)28)25(33)29-13-16-39-21-6-4-3-5-7-21/h3-11,17-18H,2,12-16H2,1H3,(H,29,33)(H,30,35)(H,32,34). The summed E-state index contributed by atoms with van der Waals surface area (Å²) in [6, 6.07) is 15.3. The maximum absolute atomic E-state index is 12.8. The van der Waals surface area contributed by atoms with E-state index in [0.717, 1.165) is 18.7 Å². The molecule has 0 atom stereocenters. The lowest BCUT2D eigenvalue weighted by Crippen LogP contribution is -2.31. The Kier molecular flexibility index (Phi) is 11.4. The van der Waals surface area contributed by atoms with Crippen LogP contribution < -0.4 is 20.1 Å². The molecule has 3 aromatic rings. The topological polar surface area (TPSA) is 153 Å². The van der Waals surface area contributed by atoms with Crippen LogP contribution in [-0.2, 0) is 14.8 Å². The van der Waals surface area contributed by atoms with Gasteiger partial charge in [-0.15, -0.1) is 0 Å². The molecule has 0 saturated carbocycles. The highest BCUT2D eigenvalue weighted by Crippen LogP contribution is 2.23. The number of halogens is 1.